The smallest absolute Gasteiger partial charge is 0.257 e. The Morgan fingerprint density at radius 2 is 1.45 bits per heavy atom. The number of carbonyl (C=O) groups is 1. The summed E-state index contributed by atoms with van der Waals surface area (Å²) in [5, 5.41) is 5.85. The molecule has 160 valence electrons. The Morgan fingerprint density at radius 1 is 0.806 bits per heavy atom. The molecule has 0 saturated heterocycles. The minimum Gasteiger partial charge on any atom is -0.494 e. The average molecular weight is 437 g/mol. The van der Waals surface area contributed by atoms with Gasteiger partial charge in [0.25, 0.3) is 5.91 Å². The zero-order valence-electron chi connectivity index (χ0n) is 17.2. The van der Waals surface area contributed by atoms with Crippen molar-refractivity contribution in [2.45, 2.75) is 6.92 Å². The number of amides is 1. The minimum atomic E-state index is -0.308. The van der Waals surface area contributed by atoms with Crippen LogP contribution in [0.1, 0.15) is 17.3 Å². The van der Waals surface area contributed by atoms with Crippen molar-refractivity contribution in [2.75, 3.05) is 25.1 Å². The van der Waals surface area contributed by atoms with Gasteiger partial charge in [0.2, 0.25) is 0 Å². The summed E-state index contributed by atoms with van der Waals surface area (Å²) in [7, 11) is 0. The van der Waals surface area contributed by atoms with Crippen LogP contribution in [-0.2, 0) is 0 Å². The third kappa shape index (κ3) is 7.31. The largest absolute Gasteiger partial charge is 0.494 e. The lowest BCUT2D eigenvalue weighted by atomic mass is 10.2. The number of thiocarbonyl (C=S) groups is 1. The summed E-state index contributed by atoms with van der Waals surface area (Å²) >= 11 is 5.23. The molecule has 3 aromatic rings. The van der Waals surface area contributed by atoms with Crippen molar-refractivity contribution in [1.29, 1.82) is 0 Å². The standard InChI is InChI=1S/C24H24N2O4S/c1-2-28-22-10-6-7-19(17-22)25-24(31)26-23(27)18-11-13-21(14-12-18)30-16-15-29-20-8-4-3-5-9-20/h3-14,17H,2,15-16H2,1H3,(H2,25,26,27,31). The van der Waals surface area contributed by atoms with Crippen LogP contribution in [0.2, 0.25) is 0 Å². The van der Waals surface area contributed by atoms with Crippen molar-refractivity contribution in [2.24, 2.45) is 0 Å². The number of carbonyl (C=O) groups excluding carboxylic acids is 1. The second kappa shape index (κ2) is 11.6. The van der Waals surface area contributed by atoms with Gasteiger partial charge >= 0.3 is 0 Å². The molecule has 0 aliphatic rings. The molecule has 3 aromatic carbocycles. The molecule has 0 radical (unpaired) electrons. The molecule has 0 saturated carbocycles. The lowest BCUT2D eigenvalue weighted by molar-refractivity contribution is 0.0977. The first-order valence-electron chi connectivity index (χ1n) is 9.90. The normalized spacial score (nSPS) is 10.1. The Kier molecular flexibility index (Phi) is 8.25. The molecule has 0 fully saturated rings. The number of hydrogen-bond acceptors (Lipinski definition) is 5. The van der Waals surface area contributed by atoms with E-state index in [1.165, 1.54) is 0 Å². The number of ether oxygens (including phenoxy) is 3. The fourth-order valence-corrected chi connectivity index (χ4v) is 2.92. The van der Waals surface area contributed by atoms with Crippen LogP contribution < -0.4 is 24.8 Å². The molecule has 1 amide bonds. The fraction of sp³-hybridized carbons (Fsp3) is 0.167. The SMILES string of the molecule is CCOc1cccc(NC(=S)NC(=O)c2ccc(OCCOc3ccccc3)cc2)c1. The van der Waals surface area contributed by atoms with E-state index in [2.05, 4.69) is 10.6 Å². The summed E-state index contributed by atoms with van der Waals surface area (Å²) in [4.78, 5) is 12.4. The molecule has 0 unspecified atom stereocenters. The van der Waals surface area contributed by atoms with Gasteiger partial charge in [-0.2, -0.15) is 0 Å². The Bertz CT molecular complexity index is 994. The van der Waals surface area contributed by atoms with E-state index in [-0.39, 0.29) is 11.0 Å². The van der Waals surface area contributed by atoms with Gasteiger partial charge in [-0.1, -0.05) is 24.3 Å². The summed E-state index contributed by atoms with van der Waals surface area (Å²) in [6.45, 7) is 3.32. The molecule has 0 aliphatic carbocycles. The van der Waals surface area contributed by atoms with Crippen molar-refractivity contribution in [3.63, 3.8) is 0 Å². The lowest BCUT2D eigenvalue weighted by Gasteiger charge is -2.11. The highest BCUT2D eigenvalue weighted by atomic mass is 32.1. The number of rotatable bonds is 9. The van der Waals surface area contributed by atoms with Crippen LogP contribution in [0.15, 0.2) is 78.9 Å². The van der Waals surface area contributed by atoms with E-state index in [0.717, 1.165) is 17.2 Å². The second-order valence-corrected chi connectivity index (χ2v) is 6.81. The number of anilines is 1. The summed E-state index contributed by atoms with van der Waals surface area (Å²) in [5.41, 5.74) is 1.21. The van der Waals surface area contributed by atoms with Gasteiger partial charge in [0.15, 0.2) is 5.11 Å². The lowest BCUT2D eigenvalue weighted by Crippen LogP contribution is -2.34. The van der Waals surface area contributed by atoms with Crippen molar-refractivity contribution in [1.82, 2.24) is 5.32 Å². The molecule has 0 aromatic heterocycles. The summed E-state index contributed by atoms with van der Waals surface area (Å²) in [6.07, 6.45) is 0. The van der Waals surface area contributed by atoms with E-state index in [1.807, 2.05) is 61.5 Å². The Morgan fingerprint density at radius 3 is 2.13 bits per heavy atom. The van der Waals surface area contributed by atoms with Crippen LogP contribution in [0.3, 0.4) is 0 Å². The predicted octanol–water partition coefficient (Wildman–Crippen LogP) is 4.67. The minimum absolute atomic E-state index is 0.206. The Labute approximate surface area is 187 Å². The van der Waals surface area contributed by atoms with Crippen LogP contribution in [0.5, 0.6) is 17.2 Å². The van der Waals surface area contributed by atoms with Gasteiger partial charge in [0, 0.05) is 17.3 Å². The average Bonchev–Trinajstić information content (AvgIpc) is 2.78. The van der Waals surface area contributed by atoms with E-state index in [1.54, 1.807) is 24.3 Å². The first-order valence-corrected chi connectivity index (χ1v) is 10.3. The third-order valence-corrected chi connectivity index (χ3v) is 4.31. The molecule has 0 heterocycles. The van der Waals surface area contributed by atoms with E-state index in [4.69, 9.17) is 26.4 Å². The molecular formula is C24H24N2O4S. The number of para-hydroxylation sites is 1. The van der Waals surface area contributed by atoms with Crippen molar-refractivity contribution in [3.05, 3.63) is 84.4 Å². The first-order chi connectivity index (χ1) is 15.1. The molecule has 3 rings (SSSR count). The van der Waals surface area contributed by atoms with Gasteiger partial charge in [-0.25, -0.2) is 0 Å². The third-order valence-electron chi connectivity index (χ3n) is 4.11. The van der Waals surface area contributed by atoms with Crippen molar-refractivity contribution < 1.29 is 19.0 Å². The van der Waals surface area contributed by atoms with E-state index in [9.17, 15) is 4.79 Å². The summed E-state index contributed by atoms with van der Waals surface area (Å²) < 4.78 is 16.7. The van der Waals surface area contributed by atoms with Crippen LogP contribution in [0.4, 0.5) is 5.69 Å². The maximum Gasteiger partial charge on any atom is 0.257 e. The molecule has 6 nitrogen and oxygen atoms in total. The number of benzene rings is 3. The zero-order chi connectivity index (χ0) is 21.9. The molecule has 0 spiro atoms. The van der Waals surface area contributed by atoms with Crippen LogP contribution >= 0.6 is 12.2 Å². The Hall–Kier alpha value is -3.58. The van der Waals surface area contributed by atoms with Crippen LogP contribution in [0.25, 0.3) is 0 Å². The zero-order valence-corrected chi connectivity index (χ0v) is 18.0. The van der Waals surface area contributed by atoms with Gasteiger partial charge in [0.05, 0.1) is 6.61 Å². The van der Waals surface area contributed by atoms with E-state index < -0.39 is 0 Å². The predicted molar refractivity (Wildman–Crippen MR) is 125 cm³/mol. The number of hydrogen-bond donors (Lipinski definition) is 2. The van der Waals surface area contributed by atoms with E-state index in [0.29, 0.717) is 31.1 Å². The molecule has 0 bridgehead atoms. The molecule has 7 heteroatoms. The van der Waals surface area contributed by atoms with Crippen molar-refractivity contribution in [3.8, 4) is 17.2 Å². The molecule has 2 N–H and O–H groups in total. The highest BCUT2D eigenvalue weighted by Gasteiger charge is 2.09. The van der Waals surface area contributed by atoms with Crippen molar-refractivity contribution >= 4 is 28.9 Å². The van der Waals surface area contributed by atoms with Gasteiger partial charge in [-0.3, -0.25) is 10.1 Å². The second-order valence-electron chi connectivity index (χ2n) is 6.40. The molecular weight excluding hydrogens is 412 g/mol. The Balaban J connectivity index is 1.44. The van der Waals surface area contributed by atoms with Crippen LogP contribution in [0, 0.1) is 0 Å². The first kappa shape index (κ1) is 22.1. The van der Waals surface area contributed by atoms with E-state index >= 15 is 0 Å². The van der Waals surface area contributed by atoms with Gasteiger partial charge in [0.1, 0.15) is 30.5 Å². The molecule has 0 atom stereocenters. The monoisotopic (exact) mass is 436 g/mol. The maximum absolute atomic E-state index is 12.4. The highest BCUT2D eigenvalue weighted by molar-refractivity contribution is 7.80. The maximum atomic E-state index is 12.4. The van der Waals surface area contributed by atoms with Gasteiger partial charge < -0.3 is 19.5 Å². The van der Waals surface area contributed by atoms with Crippen LogP contribution in [-0.4, -0.2) is 30.8 Å². The quantitative estimate of drug-likeness (QED) is 0.375. The van der Waals surface area contributed by atoms with Gasteiger partial charge in [-0.05, 0) is 67.7 Å². The summed E-state index contributed by atoms with van der Waals surface area (Å²) in [5.74, 6) is 1.87. The summed E-state index contributed by atoms with van der Waals surface area (Å²) in [6, 6.07) is 23.7. The van der Waals surface area contributed by atoms with Gasteiger partial charge in [-0.15, -0.1) is 0 Å². The number of nitrogens with one attached hydrogen (secondary N) is 2. The highest BCUT2D eigenvalue weighted by Crippen LogP contribution is 2.17. The molecule has 31 heavy (non-hydrogen) atoms. The topological polar surface area (TPSA) is 68.8 Å². The molecule has 0 aliphatic heterocycles. The fourth-order valence-electron chi connectivity index (χ4n) is 2.71.